The van der Waals surface area contributed by atoms with Crippen LogP contribution in [0.25, 0.3) is 0 Å². The minimum atomic E-state index is -0.728. The van der Waals surface area contributed by atoms with Crippen molar-refractivity contribution < 1.29 is 13.6 Å². The topological polar surface area (TPSA) is 68.0 Å². The summed E-state index contributed by atoms with van der Waals surface area (Å²) in [4.78, 5) is 15.8. The molecule has 0 atom stereocenters. The number of anilines is 2. The third-order valence-corrected chi connectivity index (χ3v) is 2.49. The number of nitrogen functional groups attached to an aromatic ring is 1. The molecule has 0 fully saturated rings. The van der Waals surface area contributed by atoms with Gasteiger partial charge >= 0.3 is 0 Å². The van der Waals surface area contributed by atoms with Gasteiger partial charge in [-0.2, -0.15) is 0 Å². The minimum Gasteiger partial charge on any atom is -0.398 e. The molecule has 0 radical (unpaired) electrons. The van der Waals surface area contributed by atoms with Crippen LogP contribution in [0.15, 0.2) is 30.5 Å². The first-order valence-corrected chi connectivity index (χ1v) is 5.46. The van der Waals surface area contributed by atoms with Crippen LogP contribution in [0.1, 0.15) is 16.1 Å². The van der Waals surface area contributed by atoms with Crippen LogP contribution in [0.2, 0.25) is 0 Å². The average Bonchev–Trinajstić information content (AvgIpc) is 2.33. The first-order valence-electron chi connectivity index (χ1n) is 5.46. The Kier molecular flexibility index (Phi) is 3.41. The van der Waals surface area contributed by atoms with E-state index >= 15 is 0 Å². The summed E-state index contributed by atoms with van der Waals surface area (Å²) >= 11 is 0. The highest BCUT2D eigenvalue weighted by atomic mass is 19.1. The molecule has 3 N–H and O–H groups in total. The number of amides is 1. The summed E-state index contributed by atoms with van der Waals surface area (Å²) in [6.45, 7) is 1.73. The highest BCUT2D eigenvalue weighted by Gasteiger charge is 2.13. The number of carbonyl (C=O) groups is 1. The molecule has 0 unspecified atom stereocenters. The van der Waals surface area contributed by atoms with Crippen molar-refractivity contribution in [1.82, 2.24) is 4.98 Å². The van der Waals surface area contributed by atoms with Gasteiger partial charge in [-0.05, 0) is 25.1 Å². The number of pyridine rings is 1. The SMILES string of the molecule is Cc1cc(N)c(C(=O)Nc2cc(F)ccc2F)cn1. The number of halogens is 2. The van der Waals surface area contributed by atoms with Crippen molar-refractivity contribution in [2.45, 2.75) is 6.92 Å². The number of rotatable bonds is 2. The number of aryl methyl sites for hydroxylation is 1. The average molecular weight is 263 g/mol. The molecular formula is C13H11F2N3O. The molecule has 4 nitrogen and oxygen atoms in total. The van der Waals surface area contributed by atoms with Gasteiger partial charge in [0.1, 0.15) is 11.6 Å². The number of benzene rings is 1. The molecule has 1 aromatic carbocycles. The van der Waals surface area contributed by atoms with Gasteiger partial charge in [0.15, 0.2) is 0 Å². The maximum atomic E-state index is 13.4. The van der Waals surface area contributed by atoms with Crippen molar-refractivity contribution in [1.29, 1.82) is 0 Å². The Morgan fingerprint density at radius 1 is 1.32 bits per heavy atom. The van der Waals surface area contributed by atoms with Gasteiger partial charge in [0.25, 0.3) is 5.91 Å². The summed E-state index contributed by atoms with van der Waals surface area (Å²) in [6.07, 6.45) is 1.29. The number of hydrogen-bond donors (Lipinski definition) is 2. The Labute approximate surface area is 108 Å². The molecule has 1 amide bonds. The summed E-state index contributed by atoms with van der Waals surface area (Å²) in [5.41, 5.74) is 6.42. The molecule has 0 spiro atoms. The van der Waals surface area contributed by atoms with Gasteiger partial charge < -0.3 is 11.1 Å². The van der Waals surface area contributed by atoms with E-state index in [9.17, 15) is 13.6 Å². The van der Waals surface area contributed by atoms with Crippen molar-refractivity contribution in [3.8, 4) is 0 Å². The molecule has 0 saturated carbocycles. The molecule has 6 heteroatoms. The lowest BCUT2D eigenvalue weighted by Gasteiger charge is -2.08. The second-order valence-electron chi connectivity index (χ2n) is 3.99. The first-order chi connectivity index (χ1) is 8.97. The normalized spacial score (nSPS) is 10.3. The van der Waals surface area contributed by atoms with Crippen LogP contribution in [0, 0.1) is 18.6 Å². The number of hydrogen-bond acceptors (Lipinski definition) is 3. The highest BCUT2D eigenvalue weighted by Crippen LogP contribution is 2.18. The van der Waals surface area contributed by atoms with Crippen molar-refractivity contribution in [2.75, 3.05) is 11.1 Å². The van der Waals surface area contributed by atoms with Gasteiger partial charge in [0.05, 0.1) is 11.3 Å². The van der Waals surface area contributed by atoms with E-state index in [2.05, 4.69) is 10.3 Å². The summed E-state index contributed by atoms with van der Waals surface area (Å²) < 4.78 is 26.4. The molecule has 0 aliphatic rings. The number of nitrogens with zero attached hydrogens (tertiary/aromatic N) is 1. The highest BCUT2D eigenvalue weighted by molar-refractivity contribution is 6.07. The third-order valence-electron chi connectivity index (χ3n) is 2.49. The fourth-order valence-corrected chi connectivity index (χ4v) is 1.55. The van der Waals surface area contributed by atoms with Gasteiger partial charge in [-0.25, -0.2) is 8.78 Å². The Balaban J connectivity index is 2.28. The largest absolute Gasteiger partial charge is 0.398 e. The molecule has 1 aromatic heterocycles. The molecule has 1 heterocycles. The van der Waals surface area contributed by atoms with Crippen molar-refractivity contribution in [3.05, 3.63) is 53.4 Å². The monoisotopic (exact) mass is 263 g/mol. The molecular weight excluding hydrogens is 252 g/mol. The number of aromatic nitrogens is 1. The van der Waals surface area contributed by atoms with E-state index in [1.54, 1.807) is 6.92 Å². The van der Waals surface area contributed by atoms with Crippen molar-refractivity contribution in [3.63, 3.8) is 0 Å². The van der Waals surface area contributed by atoms with Gasteiger partial charge in [0, 0.05) is 23.6 Å². The van der Waals surface area contributed by atoms with Gasteiger partial charge in [-0.1, -0.05) is 0 Å². The molecule has 98 valence electrons. The third kappa shape index (κ3) is 2.85. The van der Waals surface area contributed by atoms with E-state index < -0.39 is 17.5 Å². The standard InChI is InChI=1S/C13H11F2N3O/c1-7-4-11(16)9(6-17-7)13(19)18-12-5-8(14)2-3-10(12)15/h2-6H,1H3,(H2,16,17)(H,18,19). The predicted octanol–water partition coefficient (Wildman–Crippen LogP) is 2.50. The molecule has 19 heavy (non-hydrogen) atoms. The zero-order valence-corrected chi connectivity index (χ0v) is 10.1. The molecule has 0 aliphatic carbocycles. The van der Waals surface area contributed by atoms with Crippen LogP contribution in [-0.2, 0) is 0 Å². The lowest BCUT2D eigenvalue weighted by molar-refractivity contribution is 0.102. The quantitative estimate of drug-likeness (QED) is 0.874. The zero-order chi connectivity index (χ0) is 14.0. The lowest BCUT2D eigenvalue weighted by atomic mass is 10.2. The summed E-state index contributed by atoms with van der Waals surface area (Å²) in [5, 5.41) is 2.25. The van der Waals surface area contributed by atoms with E-state index in [-0.39, 0.29) is 16.9 Å². The number of nitrogens with one attached hydrogen (secondary N) is 1. The summed E-state index contributed by atoms with van der Waals surface area (Å²) in [5.74, 6) is -2.02. The molecule has 0 aliphatic heterocycles. The van der Waals surface area contributed by atoms with Crippen LogP contribution in [0.4, 0.5) is 20.2 Å². The predicted molar refractivity (Wildman–Crippen MR) is 67.7 cm³/mol. The van der Waals surface area contributed by atoms with Crippen LogP contribution < -0.4 is 11.1 Å². The van der Waals surface area contributed by atoms with Crippen LogP contribution >= 0.6 is 0 Å². The molecule has 0 saturated heterocycles. The van der Waals surface area contributed by atoms with Gasteiger partial charge in [-0.3, -0.25) is 9.78 Å². The Morgan fingerprint density at radius 2 is 2.05 bits per heavy atom. The van der Waals surface area contributed by atoms with Crippen molar-refractivity contribution in [2.24, 2.45) is 0 Å². The fraction of sp³-hybridized carbons (Fsp3) is 0.0769. The summed E-state index contributed by atoms with van der Waals surface area (Å²) in [6, 6.07) is 4.32. The van der Waals surface area contributed by atoms with Gasteiger partial charge in [-0.15, -0.1) is 0 Å². The fourth-order valence-electron chi connectivity index (χ4n) is 1.55. The Morgan fingerprint density at radius 3 is 2.74 bits per heavy atom. The second kappa shape index (κ2) is 5.01. The first kappa shape index (κ1) is 12.9. The maximum Gasteiger partial charge on any atom is 0.259 e. The van der Waals surface area contributed by atoms with Crippen LogP contribution in [-0.4, -0.2) is 10.9 Å². The van der Waals surface area contributed by atoms with E-state index in [1.165, 1.54) is 12.3 Å². The van der Waals surface area contributed by atoms with E-state index in [0.29, 0.717) is 5.69 Å². The van der Waals surface area contributed by atoms with E-state index in [0.717, 1.165) is 18.2 Å². The van der Waals surface area contributed by atoms with Crippen LogP contribution in [0.3, 0.4) is 0 Å². The number of nitrogens with two attached hydrogens (primary N) is 1. The second-order valence-corrected chi connectivity index (χ2v) is 3.99. The van der Waals surface area contributed by atoms with E-state index in [4.69, 9.17) is 5.73 Å². The van der Waals surface area contributed by atoms with Crippen molar-refractivity contribution >= 4 is 17.3 Å². The van der Waals surface area contributed by atoms with E-state index in [1.807, 2.05) is 0 Å². The lowest BCUT2D eigenvalue weighted by Crippen LogP contribution is -2.15. The summed E-state index contributed by atoms with van der Waals surface area (Å²) in [7, 11) is 0. The minimum absolute atomic E-state index is 0.106. The molecule has 2 rings (SSSR count). The maximum absolute atomic E-state index is 13.4. The Bertz CT molecular complexity index is 644. The molecule has 0 bridgehead atoms. The number of carbonyl (C=O) groups excluding carboxylic acids is 1. The van der Waals surface area contributed by atoms with Crippen LogP contribution in [0.5, 0.6) is 0 Å². The van der Waals surface area contributed by atoms with Gasteiger partial charge in [0.2, 0.25) is 0 Å². The Hall–Kier alpha value is -2.50. The molecule has 2 aromatic rings. The zero-order valence-electron chi connectivity index (χ0n) is 10.1. The smallest absolute Gasteiger partial charge is 0.259 e.